The van der Waals surface area contributed by atoms with E-state index in [2.05, 4.69) is 34.6 Å². The summed E-state index contributed by atoms with van der Waals surface area (Å²) >= 11 is 0. The lowest BCUT2D eigenvalue weighted by Crippen LogP contribution is -2.53. The van der Waals surface area contributed by atoms with E-state index in [-0.39, 0.29) is 23.4 Å². The molecule has 0 aromatic heterocycles. The minimum atomic E-state index is -0.202. The van der Waals surface area contributed by atoms with Crippen molar-refractivity contribution in [2.24, 2.45) is 46.3 Å². The van der Waals surface area contributed by atoms with Gasteiger partial charge in [0.15, 0.2) is 5.78 Å². The van der Waals surface area contributed by atoms with Gasteiger partial charge in [-0.15, -0.1) is 0 Å². The molecule has 0 radical (unpaired) electrons. The van der Waals surface area contributed by atoms with Crippen molar-refractivity contribution in [3.8, 4) is 0 Å². The summed E-state index contributed by atoms with van der Waals surface area (Å²) in [6.07, 6.45) is 13.7. The van der Waals surface area contributed by atoms with Crippen LogP contribution in [0.3, 0.4) is 0 Å². The third-order valence-corrected chi connectivity index (χ3v) is 10.4. The van der Waals surface area contributed by atoms with E-state index in [0.717, 1.165) is 37.0 Å². The zero-order valence-electron chi connectivity index (χ0n) is 21.4. The number of allylic oxidation sites excluding steroid dienone is 1. The Kier molecular flexibility index (Phi) is 6.69. The normalized spacial score (nSPS) is 42.0. The molecule has 0 spiro atoms. The van der Waals surface area contributed by atoms with E-state index >= 15 is 0 Å². The van der Waals surface area contributed by atoms with Crippen molar-refractivity contribution in [1.29, 1.82) is 0 Å². The van der Waals surface area contributed by atoms with Gasteiger partial charge in [-0.2, -0.15) is 0 Å². The molecular formula is C29H46O3. The fraction of sp³-hybridized carbons (Fsp3) is 0.862. The van der Waals surface area contributed by atoms with Crippen LogP contribution in [-0.2, 0) is 14.3 Å². The van der Waals surface area contributed by atoms with E-state index in [4.69, 9.17) is 4.74 Å². The van der Waals surface area contributed by atoms with Gasteiger partial charge in [0, 0.05) is 19.3 Å². The summed E-state index contributed by atoms with van der Waals surface area (Å²) in [7, 11) is 0. The average molecular weight is 443 g/mol. The Balaban J connectivity index is 1.52. The van der Waals surface area contributed by atoms with Crippen LogP contribution in [0.25, 0.3) is 0 Å². The molecule has 0 heterocycles. The molecule has 0 aromatic carbocycles. The highest BCUT2D eigenvalue weighted by Crippen LogP contribution is 2.66. The molecule has 4 rings (SSSR count). The second kappa shape index (κ2) is 8.91. The van der Waals surface area contributed by atoms with E-state index in [1.807, 2.05) is 6.08 Å². The third kappa shape index (κ3) is 4.11. The zero-order chi connectivity index (χ0) is 23.3. The first-order valence-electron chi connectivity index (χ1n) is 13.5. The average Bonchev–Trinajstić information content (AvgIpc) is 3.05. The molecule has 3 unspecified atom stereocenters. The van der Waals surface area contributed by atoms with Crippen molar-refractivity contribution in [1.82, 2.24) is 0 Å². The summed E-state index contributed by atoms with van der Waals surface area (Å²) in [4.78, 5) is 25.1. The topological polar surface area (TPSA) is 43.4 Å². The van der Waals surface area contributed by atoms with E-state index in [1.165, 1.54) is 57.4 Å². The van der Waals surface area contributed by atoms with Gasteiger partial charge in [-0.3, -0.25) is 9.59 Å². The molecule has 180 valence electrons. The van der Waals surface area contributed by atoms with E-state index < -0.39 is 0 Å². The number of rotatable bonds is 6. The summed E-state index contributed by atoms with van der Waals surface area (Å²) in [6, 6.07) is 0. The van der Waals surface area contributed by atoms with Gasteiger partial charge in [0.2, 0.25) is 0 Å². The first-order chi connectivity index (χ1) is 15.1. The standard InChI is InChI=1S/C29H46O3/c1-18(2)8-7-9-19(3)23-10-11-24-27-25(13-15-29(23,24)6)28(5)14-12-22(32-20(4)30)16-21(28)17-26(27)31/h17-19,22-25,27H,7-16H2,1-6H3/t19-,22+,23-,24?,25?,27?,28+,29-/m1/s1. The summed E-state index contributed by atoms with van der Waals surface area (Å²) in [5.74, 6) is 3.74. The lowest BCUT2D eigenvalue weighted by Gasteiger charge is -2.57. The Labute approximate surface area is 196 Å². The summed E-state index contributed by atoms with van der Waals surface area (Å²) in [5.41, 5.74) is 1.70. The Morgan fingerprint density at radius 1 is 1.06 bits per heavy atom. The van der Waals surface area contributed by atoms with Gasteiger partial charge in [0.1, 0.15) is 6.10 Å². The number of ketones is 1. The highest BCUT2D eigenvalue weighted by Gasteiger charge is 2.61. The van der Waals surface area contributed by atoms with Gasteiger partial charge in [0.25, 0.3) is 0 Å². The molecule has 3 saturated carbocycles. The SMILES string of the molecule is CC(=O)O[C@H]1CC[C@@]2(C)C(=CC(=O)C3C2CC[C@@]2(C)C3CC[C@@H]2[C@H](C)CCCC(C)C)C1. The number of carbonyl (C=O) groups excluding carboxylic acids is 2. The van der Waals surface area contributed by atoms with Crippen LogP contribution < -0.4 is 0 Å². The molecule has 0 N–H and O–H groups in total. The van der Waals surface area contributed by atoms with E-state index in [0.29, 0.717) is 23.0 Å². The fourth-order valence-electron chi connectivity index (χ4n) is 8.73. The van der Waals surface area contributed by atoms with Crippen LogP contribution in [0.4, 0.5) is 0 Å². The maximum atomic E-state index is 13.6. The molecule has 0 aromatic rings. The number of esters is 1. The summed E-state index contributed by atoms with van der Waals surface area (Å²) in [5, 5.41) is 0. The van der Waals surface area contributed by atoms with Gasteiger partial charge in [0.05, 0.1) is 0 Å². The molecule has 3 heteroatoms. The number of hydrogen-bond donors (Lipinski definition) is 0. The summed E-state index contributed by atoms with van der Waals surface area (Å²) in [6.45, 7) is 13.6. The molecule has 3 fully saturated rings. The number of hydrogen-bond acceptors (Lipinski definition) is 3. The molecular weight excluding hydrogens is 396 g/mol. The molecule has 4 aliphatic carbocycles. The lowest BCUT2D eigenvalue weighted by atomic mass is 9.46. The number of fused-ring (bicyclic) bond motifs is 5. The van der Waals surface area contributed by atoms with Crippen LogP contribution in [0.2, 0.25) is 0 Å². The Bertz CT molecular complexity index is 766. The molecule has 4 aliphatic rings. The van der Waals surface area contributed by atoms with Crippen LogP contribution in [0.15, 0.2) is 11.6 Å². The largest absolute Gasteiger partial charge is 0.462 e. The molecule has 0 aliphatic heterocycles. The minimum Gasteiger partial charge on any atom is -0.462 e. The predicted octanol–water partition coefficient (Wildman–Crippen LogP) is 7.14. The van der Waals surface area contributed by atoms with Gasteiger partial charge >= 0.3 is 5.97 Å². The van der Waals surface area contributed by atoms with Crippen molar-refractivity contribution >= 4 is 11.8 Å². The molecule has 32 heavy (non-hydrogen) atoms. The predicted molar refractivity (Wildman–Crippen MR) is 129 cm³/mol. The first kappa shape index (κ1) is 24.0. The van der Waals surface area contributed by atoms with Gasteiger partial charge in [-0.1, -0.05) is 59.5 Å². The number of carbonyl (C=O) groups is 2. The van der Waals surface area contributed by atoms with Crippen molar-refractivity contribution < 1.29 is 14.3 Å². The monoisotopic (exact) mass is 442 g/mol. The van der Waals surface area contributed by atoms with Crippen molar-refractivity contribution in [2.75, 3.05) is 0 Å². The molecule has 0 bridgehead atoms. The Hall–Kier alpha value is -1.12. The van der Waals surface area contributed by atoms with Crippen LogP contribution >= 0.6 is 0 Å². The van der Waals surface area contributed by atoms with Gasteiger partial charge in [-0.05, 0) is 85.0 Å². The number of ether oxygens (including phenoxy) is 1. The van der Waals surface area contributed by atoms with Gasteiger partial charge < -0.3 is 4.74 Å². The lowest BCUT2D eigenvalue weighted by molar-refractivity contribution is -0.149. The van der Waals surface area contributed by atoms with Gasteiger partial charge in [-0.25, -0.2) is 0 Å². The quantitative estimate of drug-likeness (QED) is 0.411. The first-order valence-corrected chi connectivity index (χ1v) is 13.5. The second-order valence-corrected chi connectivity index (χ2v) is 12.7. The highest BCUT2D eigenvalue weighted by atomic mass is 16.5. The Morgan fingerprint density at radius 3 is 2.50 bits per heavy atom. The molecule has 3 nitrogen and oxygen atoms in total. The van der Waals surface area contributed by atoms with E-state index in [1.54, 1.807) is 0 Å². The highest BCUT2D eigenvalue weighted by molar-refractivity contribution is 5.94. The second-order valence-electron chi connectivity index (χ2n) is 12.7. The van der Waals surface area contributed by atoms with Crippen LogP contribution in [0.5, 0.6) is 0 Å². The van der Waals surface area contributed by atoms with Crippen LogP contribution in [0.1, 0.15) is 106 Å². The fourth-order valence-corrected chi connectivity index (χ4v) is 8.73. The smallest absolute Gasteiger partial charge is 0.302 e. The van der Waals surface area contributed by atoms with E-state index in [9.17, 15) is 9.59 Å². The van der Waals surface area contributed by atoms with Crippen LogP contribution in [0, 0.1) is 46.3 Å². The third-order valence-electron chi connectivity index (χ3n) is 10.4. The van der Waals surface area contributed by atoms with Crippen LogP contribution in [-0.4, -0.2) is 17.9 Å². The van der Waals surface area contributed by atoms with Crippen molar-refractivity contribution in [3.63, 3.8) is 0 Å². The molecule has 0 amide bonds. The Morgan fingerprint density at radius 2 is 1.81 bits per heavy atom. The maximum Gasteiger partial charge on any atom is 0.302 e. The van der Waals surface area contributed by atoms with Crippen molar-refractivity contribution in [3.05, 3.63) is 11.6 Å². The van der Waals surface area contributed by atoms with Crippen molar-refractivity contribution in [2.45, 2.75) is 112 Å². The zero-order valence-corrected chi connectivity index (χ0v) is 21.4. The maximum absolute atomic E-state index is 13.6. The summed E-state index contributed by atoms with van der Waals surface area (Å²) < 4.78 is 5.54. The minimum absolute atomic E-state index is 0.0485. The molecule has 0 saturated heterocycles. The molecule has 8 atom stereocenters.